The Morgan fingerprint density at radius 2 is 1.36 bits per heavy atom. The Bertz CT molecular complexity index is 758. The van der Waals surface area contributed by atoms with Crippen LogP contribution in [0.25, 0.3) is 11.1 Å². The molecule has 0 aliphatic rings. The van der Waals surface area contributed by atoms with Crippen LogP contribution in [0.1, 0.15) is 46.0 Å². The Morgan fingerprint density at radius 1 is 0.920 bits per heavy atom. The highest BCUT2D eigenvalue weighted by atomic mass is 35.5. The molecule has 1 aromatic heterocycles. The van der Waals surface area contributed by atoms with E-state index in [0.29, 0.717) is 27.5 Å². The fourth-order valence-electron chi connectivity index (χ4n) is 2.66. The van der Waals surface area contributed by atoms with Crippen LogP contribution in [-0.4, -0.2) is 30.1 Å². The smallest absolute Gasteiger partial charge is 0.340 e. The molecule has 132 valence electrons. The average Bonchev–Trinajstić information content (AvgIpc) is 2.55. The first-order valence-electron chi connectivity index (χ1n) is 8.02. The van der Waals surface area contributed by atoms with Crippen molar-refractivity contribution in [2.45, 2.75) is 27.7 Å². The van der Waals surface area contributed by atoms with E-state index in [4.69, 9.17) is 21.1 Å². The second-order valence-electron chi connectivity index (χ2n) is 5.36. The van der Waals surface area contributed by atoms with Gasteiger partial charge in [-0.2, -0.15) is 0 Å². The van der Waals surface area contributed by atoms with Gasteiger partial charge < -0.3 is 9.47 Å². The largest absolute Gasteiger partial charge is 0.462 e. The molecule has 2 rings (SSSR count). The van der Waals surface area contributed by atoms with Crippen molar-refractivity contribution in [2.24, 2.45) is 0 Å². The number of halogens is 1. The van der Waals surface area contributed by atoms with Gasteiger partial charge in [-0.25, -0.2) is 9.59 Å². The molecule has 0 unspecified atom stereocenters. The van der Waals surface area contributed by atoms with Crippen LogP contribution in [0.2, 0.25) is 5.02 Å². The molecule has 6 heteroatoms. The summed E-state index contributed by atoms with van der Waals surface area (Å²) in [5, 5.41) is 0.557. The number of rotatable bonds is 5. The molecule has 0 saturated heterocycles. The van der Waals surface area contributed by atoms with Crippen LogP contribution in [0.4, 0.5) is 0 Å². The quantitative estimate of drug-likeness (QED) is 0.740. The lowest BCUT2D eigenvalue weighted by molar-refractivity contribution is 0.0525. The summed E-state index contributed by atoms with van der Waals surface area (Å²) in [6, 6.07) is 6.90. The van der Waals surface area contributed by atoms with Crippen molar-refractivity contribution in [3.05, 3.63) is 51.8 Å². The minimum atomic E-state index is -0.525. The molecule has 0 spiro atoms. The van der Waals surface area contributed by atoms with Crippen LogP contribution in [0.5, 0.6) is 0 Å². The molecule has 0 aliphatic carbocycles. The Morgan fingerprint density at radius 3 is 1.76 bits per heavy atom. The molecular formula is C19H20ClNO4. The molecule has 1 heterocycles. The summed E-state index contributed by atoms with van der Waals surface area (Å²) in [5.41, 5.74) is 2.64. The van der Waals surface area contributed by atoms with Crippen LogP contribution in [-0.2, 0) is 9.47 Å². The van der Waals surface area contributed by atoms with E-state index in [1.54, 1.807) is 52.0 Å². The van der Waals surface area contributed by atoms with Crippen LogP contribution < -0.4 is 0 Å². The van der Waals surface area contributed by atoms with Crippen molar-refractivity contribution in [1.29, 1.82) is 0 Å². The van der Waals surface area contributed by atoms with Gasteiger partial charge >= 0.3 is 11.9 Å². The van der Waals surface area contributed by atoms with Crippen molar-refractivity contribution in [3.63, 3.8) is 0 Å². The highest BCUT2D eigenvalue weighted by Gasteiger charge is 2.27. The number of pyridine rings is 1. The Balaban J connectivity index is 2.82. The zero-order valence-electron chi connectivity index (χ0n) is 14.7. The summed E-state index contributed by atoms with van der Waals surface area (Å²) in [7, 11) is 0. The van der Waals surface area contributed by atoms with Gasteiger partial charge in [-0.15, -0.1) is 0 Å². The third-order valence-electron chi connectivity index (χ3n) is 3.65. The predicted molar refractivity (Wildman–Crippen MR) is 96.1 cm³/mol. The highest BCUT2D eigenvalue weighted by Crippen LogP contribution is 2.33. The monoisotopic (exact) mass is 361 g/mol. The van der Waals surface area contributed by atoms with Crippen LogP contribution in [0.15, 0.2) is 24.3 Å². The van der Waals surface area contributed by atoms with Gasteiger partial charge in [0, 0.05) is 10.6 Å². The maximum atomic E-state index is 12.5. The topological polar surface area (TPSA) is 65.5 Å². The summed E-state index contributed by atoms with van der Waals surface area (Å²) in [6.45, 7) is 7.33. The highest BCUT2D eigenvalue weighted by molar-refractivity contribution is 6.30. The van der Waals surface area contributed by atoms with E-state index >= 15 is 0 Å². The van der Waals surface area contributed by atoms with Gasteiger partial charge in [0.05, 0.1) is 35.7 Å². The van der Waals surface area contributed by atoms with E-state index in [2.05, 4.69) is 4.98 Å². The van der Waals surface area contributed by atoms with Crippen molar-refractivity contribution in [1.82, 2.24) is 4.98 Å². The second kappa shape index (κ2) is 8.12. The molecule has 0 N–H and O–H groups in total. The number of benzene rings is 1. The number of esters is 2. The number of aromatic nitrogens is 1. The molecule has 0 fully saturated rings. The number of hydrogen-bond acceptors (Lipinski definition) is 5. The normalized spacial score (nSPS) is 10.4. The number of hydrogen-bond donors (Lipinski definition) is 0. The molecule has 0 bridgehead atoms. The van der Waals surface area contributed by atoms with E-state index < -0.39 is 11.9 Å². The minimum absolute atomic E-state index is 0.223. The molecule has 0 aliphatic heterocycles. The zero-order chi connectivity index (χ0) is 18.6. The fraction of sp³-hybridized carbons (Fsp3) is 0.316. The standard InChI is InChI=1S/C19H20ClNO4/c1-5-24-18(22)15-11(3)21-12(4)16(19(23)25-6-2)17(15)13-7-9-14(20)10-8-13/h7-10H,5-6H2,1-4H3. The van der Waals surface area contributed by atoms with Gasteiger partial charge in [0.1, 0.15) is 0 Å². The summed E-state index contributed by atoms with van der Waals surface area (Å²) in [6.07, 6.45) is 0. The van der Waals surface area contributed by atoms with Crippen LogP contribution >= 0.6 is 11.6 Å². The van der Waals surface area contributed by atoms with Crippen molar-refractivity contribution >= 4 is 23.5 Å². The fourth-order valence-corrected chi connectivity index (χ4v) is 2.79. The van der Waals surface area contributed by atoms with Gasteiger partial charge in [-0.3, -0.25) is 4.98 Å². The molecule has 25 heavy (non-hydrogen) atoms. The van der Waals surface area contributed by atoms with E-state index in [1.165, 1.54) is 0 Å². The van der Waals surface area contributed by atoms with E-state index in [-0.39, 0.29) is 24.3 Å². The van der Waals surface area contributed by atoms with E-state index in [1.807, 2.05) is 0 Å². The molecule has 0 atom stereocenters. The number of carbonyl (C=O) groups excluding carboxylic acids is 2. The third-order valence-corrected chi connectivity index (χ3v) is 3.90. The summed E-state index contributed by atoms with van der Waals surface area (Å²) < 4.78 is 10.3. The van der Waals surface area contributed by atoms with Gasteiger partial charge in [0.25, 0.3) is 0 Å². The molecule has 5 nitrogen and oxygen atoms in total. The molecule has 2 aromatic rings. The molecule has 0 radical (unpaired) electrons. The van der Waals surface area contributed by atoms with Crippen molar-refractivity contribution in [3.8, 4) is 11.1 Å². The molecule has 0 amide bonds. The lowest BCUT2D eigenvalue weighted by Gasteiger charge is -2.17. The number of carbonyl (C=O) groups is 2. The lowest BCUT2D eigenvalue weighted by atomic mass is 9.92. The molecule has 1 aromatic carbocycles. The minimum Gasteiger partial charge on any atom is -0.462 e. The lowest BCUT2D eigenvalue weighted by Crippen LogP contribution is -2.17. The number of aryl methyl sites for hydroxylation is 2. The Hall–Kier alpha value is -2.40. The Kier molecular flexibility index (Phi) is 6.15. The molecule has 0 saturated carbocycles. The van der Waals surface area contributed by atoms with Crippen molar-refractivity contribution < 1.29 is 19.1 Å². The van der Waals surface area contributed by atoms with Crippen LogP contribution in [0.3, 0.4) is 0 Å². The first-order chi connectivity index (χ1) is 11.9. The van der Waals surface area contributed by atoms with E-state index in [9.17, 15) is 9.59 Å². The second-order valence-corrected chi connectivity index (χ2v) is 5.79. The summed E-state index contributed by atoms with van der Waals surface area (Å²) in [4.78, 5) is 29.4. The van der Waals surface area contributed by atoms with Gasteiger partial charge in [0.15, 0.2) is 0 Å². The molecular weight excluding hydrogens is 342 g/mol. The summed E-state index contributed by atoms with van der Waals surface area (Å²) in [5.74, 6) is -1.05. The Labute approximate surface area is 151 Å². The first kappa shape index (κ1) is 18.9. The zero-order valence-corrected chi connectivity index (χ0v) is 15.4. The predicted octanol–water partition coefficient (Wildman–Crippen LogP) is 4.37. The number of ether oxygens (including phenoxy) is 2. The number of nitrogens with zero attached hydrogens (tertiary/aromatic N) is 1. The maximum Gasteiger partial charge on any atom is 0.340 e. The van der Waals surface area contributed by atoms with Crippen molar-refractivity contribution in [2.75, 3.05) is 13.2 Å². The summed E-state index contributed by atoms with van der Waals surface area (Å²) >= 11 is 5.97. The van der Waals surface area contributed by atoms with Crippen LogP contribution in [0, 0.1) is 13.8 Å². The van der Waals surface area contributed by atoms with Gasteiger partial charge in [0.2, 0.25) is 0 Å². The first-order valence-corrected chi connectivity index (χ1v) is 8.39. The average molecular weight is 362 g/mol. The third kappa shape index (κ3) is 3.99. The SMILES string of the molecule is CCOC(=O)c1c(C)nc(C)c(C(=O)OCC)c1-c1ccc(Cl)cc1. The van der Waals surface area contributed by atoms with Gasteiger partial charge in [-0.1, -0.05) is 23.7 Å². The maximum absolute atomic E-state index is 12.5. The van der Waals surface area contributed by atoms with E-state index in [0.717, 1.165) is 0 Å². The van der Waals surface area contributed by atoms with Gasteiger partial charge in [-0.05, 0) is 45.4 Å².